The minimum atomic E-state index is -3.96. The van der Waals surface area contributed by atoms with Crippen LogP contribution in [0.4, 0.5) is 5.69 Å². The molecule has 2 amide bonds. The zero-order chi connectivity index (χ0) is 20.9. The molecule has 2 aromatic carbocycles. The fraction of sp³-hybridized carbons (Fsp3) is 0.0526. The summed E-state index contributed by atoms with van der Waals surface area (Å²) in [5.74, 6) is -0.750. The highest BCUT2D eigenvalue weighted by molar-refractivity contribution is 7.92. The number of hydrogen-bond donors (Lipinski definition) is 3. The van der Waals surface area contributed by atoms with Gasteiger partial charge in [-0.1, -0.05) is 24.3 Å². The predicted molar refractivity (Wildman–Crippen MR) is 109 cm³/mol. The molecule has 0 spiro atoms. The van der Waals surface area contributed by atoms with Crippen LogP contribution < -0.4 is 20.3 Å². The van der Waals surface area contributed by atoms with Crippen LogP contribution in [0.3, 0.4) is 0 Å². The maximum Gasteiger partial charge on any atom is 0.279 e. The van der Waals surface area contributed by atoms with Crippen LogP contribution >= 0.6 is 11.3 Å². The van der Waals surface area contributed by atoms with Crippen molar-refractivity contribution >= 4 is 38.9 Å². The van der Waals surface area contributed by atoms with E-state index in [4.69, 9.17) is 4.74 Å². The zero-order valence-corrected chi connectivity index (χ0v) is 16.8. The Balaban J connectivity index is 1.74. The minimum Gasteiger partial charge on any atom is -0.495 e. The van der Waals surface area contributed by atoms with Crippen molar-refractivity contribution in [3.05, 3.63) is 76.5 Å². The number of anilines is 1. The second-order valence-electron chi connectivity index (χ2n) is 5.72. The number of thiophene rings is 1. The number of amides is 2. The van der Waals surface area contributed by atoms with Crippen molar-refractivity contribution in [1.29, 1.82) is 0 Å². The van der Waals surface area contributed by atoms with Crippen LogP contribution in [0.5, 0.6) is 5.75 Å². The number of methoxy groups -OCH3 is 1. The fourth-order valence-corrected chi connectivity index (χ4v) is 4.13. The van der Waals surface area contributed by atoms with Crippen LogP contribution in [0.25, 0.3) is 0 Å². The SMILES string of the molecule is COc1ccccc1NS(=O)(=O)c1cccc(C(=O)NNC(=O)c2cccs2)c1. The van der Waals surface area contributed by atoms with Gasteiger partial charge in [-0.2, -0.15) is 0 Å². The summed E-state index contributed by atoms with van der Waals surface area (Å²) in [7, 11) is -2.53. The van der Waals surface area contributed by atoms with E-state index in [0.29, 0.717) is 10.6 Å². The van der Waals surface area contributed by atoms with Crippen molar-refractivity contribution in [2.24, 2.45) is 0 Å². The van der Waals surface area contributed by atoms with Crippen LogP contribution in [0.1, 0.15) is 20.0 Å². The third-order valence-corrected chi connectivity index (χ3v) is 6.02. The first-order valence-electron chi connectivity index (χ1n) is 8.31. The van der Waals surface area contributed by atoms with Crippen molar-refractivity contribution in [3.8, 4) is 5.75 Å². The lowest BCUT2D eigenvalue weighted by molar-refractivity contribution is 0.0849. The van der Waals surface area contributed by atoms with Gasteiger partial charge in [0.2, 0.25) is 0 Å². The lowest BCUT2D eigenvalue weighted by Gasteiger charge is -2.12. The molecule has 0 bridgehead atoms. The van der Waals surface area contributed by atoms with Crippen LogP contribution in [-0.4, -0.2) is 27.3 Å². The fourth-order valence-electron chi connectivity index (χ4n) is 2.39. The second-order valence-corrected chi connectivity index (χ2v) is 8.35. The van der Waals surface area contributed by atoms with E-state index in [1.807, 2.05) is 0 Å². The van der Waals surface area contributed by atoms with Crippen LogP contribution in [-0.2, 0) is 10.0 Å². The monoisotopic (exact) mass is 431 g/mol. The van der Waals surface area contributed by atoms with Gasteiger partial charge in [0.25, 0.3) is 21.8 Å². The molecular formula is C19H17N3O5S2. The van der Waals surface area contributed by atoms with Crippen LogP contribution in [0, 0.1) is 0 Å². The first kappa shape index (κ1) is 20.4. The molecule has 0 atom stereocenters. The average Bonchev–Trinajstić information content (AvgIpc) is 3.27. The van der Waals surface area contributed by atoms with Crippen molar-refractivity contribution in [1.82, 2.24) is 10.9 Å². The van der Waals surface area contributed by atoms with Gasteiger partial charge in [0.15, 0.2) is 0 Å². The second kappa shape index (κ2) is 8.76. The van der Waals surface area contributed by atoms with E-state index >= 15 is 0 Å². The van der Waals surface area contributed by atoms with Gasteiger partial charge in [0.05, 0.1) is 22.6 Å². The van der Waals surface area contributed by atoms with Crippen molar-refractivity contribution in [3.63, 3.8) is 0 Å². The summed E-state index contributed by atoms with van der Waals surface area (Å²) in [6.45, 7) is 0. The van der Waals surface area contributed by atoms with E-state index in [9.17, 15) is 18.0 Å². The number of hydrazine groups is 1. The molecule has 0 unspecified atom stereocenters. The molecule has 0 aliphatic heterocycles. The first-order chi connectivity index (χ1) is 13.9. The minimum absolute atomic E-state index is 0.0689. The van der Waals surface area contributed by atoms with E-state index in [1.165, 1.54) is 42.7 Å². The van der Waals surface area contributed by atoms with Gasteiger partial charge < -0.3 is 4.74 Å². The lowest BCUT2D eigenvalue weighted by Crippen LogP contribution is -2.41. The van der Waals surface area contributed by atoms with Gasteiger partial charge in [0, 0.05) is 5.56 Å². The number of para-hydroxylation sites is 2. The first-order valence-corrected chi connectivity index (χ1v) is 10.7. The van der Waals surface area contributed by atoms with E-state index in [1.54, 1.807) is 41.8 Å². The zero-order valence-electron chi connectivity index (χ0n) is 15.2. The van der Waals surface area contributed by atoms with E-state index in [0.717, 1.165) is 0 Å². The Hall–Kier alpha value is -3.37. The molecule has 0 saturated carbocycles. The molecule has 0 fully saturated rings. The third-order valence-electron chi connectivity index (χ3n) is 3.79. The number of nitrogens with one attached hydrogen (secondary N) is 3. The summed E-state index contributed by atoms with van der Waals surface area (Å²) in [6, 6.07) is 15.3. The summed E-state index contributed by atoms with van der Waals surface area (Å²) in [4.78, 5) is 24.5. The molecule has 150 valence electrons. The van der Waals surface area contributed by atoms with Gasteiger partial charge in [-0.25, -0.2) is 8.42 Å². The predicted octanol–water partition coefficient (Wildman–Crippen LogP) is 2.63. The molecule has 0 aliphatic carbocycles. The number of hydrogen-bond acceptors (Lipinski definition) is 6. The average molecular weight is 431 g/mol. The molecule has 10 heteroatoms. The highest BCUT2D eigenvalue weighted by Crippen LogP contribution is 2.26. The smallest absolute Gasteiger partial charge is 0.279 e. The standard InChI is InChI=1S/C19H17N3O5S2/c1-27-16-9-3-2-8-15(16)22-29(25,26)14-7-4-6-13(12-14)18(23)20-21-19(24)17-10-5-11-28-17/h2-12,22H,1H3,(H,20,23)(H,21,24). The van der Waals surface area contributed by atoms with Gasteiger partial charge >= 0.3 is 0 Å². The highest BCUT2D eigenvalue weighted by atomic mass is 32.2. The summed E-state index contributed by atoms with van der Waals surface area (Å²) in [5, 5.41) is 1.74. The Morgan fingerprint density at radius 1 is 0.931 bits per heavy atom. The Morgan fingerprint density at radius 2 is 1.69 bits per heavy atom. The number of sulfonamides is 1. The van der Waals surface area contributed by atoms with E-state index in [2.05, 4.69) is 15.6 Å². The van der Waals surface area contributed by atoms with E-state index < -0.39 is 21.8 Å². The topological polar surface area (TPSA) is 114 Å². The molecule has 3 rings (SSSR count). The Morgan fingerprint density at radius 3 is 2.41 bits per heavy atom. The maximum atomic E-state index is 12.7. The molecule has 3 aromatic rings. The van der Waals surface area contributed by atoms with Crippen molar-refractivity contribution in [2.45, 2.75) is 4.90 Å². The molecule has 0 radical (unpaired) electrons. The van der Waals surface area contributed by atoms with E-state index in [-0.39, 0.29) is 16.1 Å². The summed E-state index contributed by atoms with van der Waals surface area (Å²) in [5.41, 5.74) is 4.89. The number of carbonyl (C=O) groups is 2. The Labute approximate surface area is 171 Å². The molecule has 29 heavy (non-hydrogen) atoms. The van der Waals surface area contributed by atoms with Gasteiger partial charge in [-0.15, -0.1) is 11.3 Å². The maximum absolute atomic E-state index is 12.7. The number of benzene rings is 2. The largest absolute Gasteiger partial charge is 0.495 e. The van der Waals surface area contributed by atoms with Gasteiger partial charge in [-0.05, 0) is 41.8 Å². The van der Waals surface area contributed by atoms with Crippen molar-refractivity contribution in [2.75, 3.05) is 11.8 Å². The molecule has 3 N–H and O–H groups in total. The summed E-state index contributed by atoms with van der Waals surface area (Å²) < 4.78 is 33.0. The van der Waals surface area contributed by atoms with Crippen LogP contribution in [0.15, 0.2) is 70.9 Å². The molecule has 8 nitrogen and oxygen atoms in total. The number of carbonyl (C=O) groups excluding carboxylic acids is 2. The Kier molecular flexibility index (Phi) is 6.15. The third kappa shape index (κ3) is 4.92. The Bertz CT molecular complexity index is 1130. The van der Waals surface area contributed by atoms with Gasteiger partial charge in [0.1, 0.15) is 5.75 Å². The summed E-state index contributed by atoms with van der Waals surface area (Å²) >= 11 is 1.23. The quantitative estimate of drug-likeness (QED) is 0.519. The van der Waals surface area contributed by atoms with Crippen LogP contribution in [0.2, 0.25) is 0 Å². The molecular weight excluding hydrogens is 414 g/mol. The van der Waals surface area contributed by atoms with Gasteiger partial charge in [-0.3, -0.25) is 25.2 Å². The summed E-state index contributed by atoms with van der Waals surface area (Å²) in [6.07, 6.45) is 0. The van der Waals surface area contributed by atoms with Crippen molar-refractivity contribution < 1.29 is 22.7 Å². The normalized spacial score (nSPS) is 10.8. The molecule has 0 aliphatic rings. The molecule has 1 heterocycles. The highest BCUT2D eigenvalue weighted by Gasteiger charge is 2.18. The lowest BCUT2D eigenvalue weighted by atomic mass is 10.2. The molecule has 0 saturated heterocycles. The number of rotatable bonds is 6. The number of ether oxygens (including phenoxy) is 1. The molecule has 1 aromatic heterocycles.